The van der Waals surface area contributed by atoms with Gasteiger partial charge in [0.05, 0.1) is 16.6 Å². The third kappa shape index (κ3) is 3.09. The summed E-state index contributed by atoms with van der Waals surface area (Å²) in [4.78, 5) is 13.7. The second-order valence-electron chi connectivity index (χ2n) is 5.49. The Labute approximate surface area is 149 Å². The van der Waals surface area contributed by atoms with Gasteiger partial charge in [0, 0.05) is 6.54 Å². The van der Waals surface area contributed by atoms with Gasteiger partial charge in [0.15, 0.2) is 11.5 Å². The molecule has 2 N–H and O–H groups in total. The molecule has 0 saturated carbocycles. The van der Waals surface area contributed by atoms with Gasteiger partial charge in [-0.15, -0.1) is 0 Å². The molecule has 0 fully saturated rings. The molecular formula is C17H15Cl2NO4. The van der Waals surface area contributed by atoms with Gasteiger partial charge >= 0.3 is 6.09 Å². The predicted octanol–water partition coefficient (Wildman–Crippen LogP) is 4.10. The lowest BCUT2D eigenvalue weighted by Gasteiger charge is -2.30. The zero-order valence-corrected chi connectivity index (χ0v) is 14.1. The first-order valence-electron chi connectivity index (χ1n) is 7.35. The number of aromatic hydroxyl groups is 2. The summed E-state index contributed by atoms with van der Waals surface area (Å²) in [6.45, 7) is 0.731. The van der Waals surface area contributed by atoms with Gasteiger partial charge in [0.2, 0.25) is 0 Å². The van der Waals surface area contributed by atoms with Crippen LogP contribution in [0.3, 0.4) is 0 Å². The molecule has 0 bridgehead atoms. The zero-order chi connectivity index (χ0) is 17.3. The Kier molecular flexibility index (Phi) is 4.73. The minimum atomic E-state index is -0.472. The lowest BCUT2D eigenvalue weighted by molar-refractivity contribution is 0.0918. The second kappa shape index (κ2) is 6.79. The Morgan fingerprint density at radius 2 is 1.71 bits per heavy atom. The van der Waals surface area contributed by atoms with E-state index in [0.717, 1.165) is 5.56 Å². The Morgan fingerprint density at radius 1 is 1.08 bits per heavy atom. The van der Waals surface area contributed by atoms with Crippen molar-refractivity contribution in [3.05, 3.63) is 57.1 Å². The van der Waals surface area contributed by atoms with Crippen LogP contribution in [0.2, 0.25) is 10.0 Å². The number of carbonyl (C=O) groups excluding carboxylic acids is 1. The maximum atomic E-state index is 12.2. The molecule has 1 amide bonds. The van der Waals surface area contributed by atoms with Gasteiger partial charge in [0.1, 0.15) is 6.61 Å². The van der Waals surface area contributed by atoms with Gasteiger partial charge in [0.25, 0.3) is 0 Å². The Bertz CT molecular complexity index is 780. The maximum Gasteiger partial charge on any atom is 0.410 e. The van der Waals surface area contributed by atoms with E-state index in [1.54, 1.807) is 0 Å². The van der Waals surface area contributed by atoms with Gasteiger partial charge in [-0.05, 0) is 23.1 Å². The quantitative estimate of drug-likeness (QED) is 0.783. The first kappa shape index (κ1) is 16.7. The third-order valence-corrected chi connectivity index (χ3v) is 4.79. The highest BCUT2D eigenvalue weighted by molar-refractivity contribution is 6.36. The SMILES string of the molecule is O=C(OCc1ccccc1)N1CCc2c(Cl)c(O)c(O)c(Cl)c2C1. The lowest BCUT2D eigenvalue weighted by Crippen LogP contribution is -2.36. The van der Waals surface area contributed by atoms with Gasteiger partial charge in [-0.1, -0.05) is 53.5 Å². The topological polar surface area (TPSA) is 70.0 Å². The molecule has 0 spiro atoms. The van der Waals surface area contributed by atoms with Gasteiger partial charge in [-0.3, -0.25) is 0 Å². The number of benzene rings is 2. The van der Waals surface area contributed by atoms with Crippen LogP contribution >= 0.6 is 23.2 Å². The first-order valence-corrected chi connectivity index (χ1v) is 8.11. The highest BCUT2D eigenvalue weighted by Crippen LogP contribution is 2.46. The summed E-state index contributed by atoms with van der Waals surface area (Å²) in [5.74, 6) is -0.902. The predicted molar refractivity (Wildman–Crippen MR) is 90.5 cm³/mol. The van der Waals surface area contributed by atoms with E-state index in [2.05, 4.69) is 0 Å². The van der Waals surface area contributed by atoms with Crippen LogP contribution in [0.25, 0.3) is 0 Å². The molecule has 1 aliphatic rings. The van der Waals surface area contributed by atoms with Crippen molar-refractivity contribution in [1.29, 1.82) is 0 Å². The first-order chi connectivity index (χ1) is 11.5. The summed E-state index contributed by atoms with van der Waals surface area (Å²) in [5.41, 5.74) is 2.07. The van der Waals surface area contributed by atoms with Crippen LogP contribution in [-0.4, -0.2) is 27.8 Å². The molecule has 0 unspecified atom stereocenters. The van der Waals surface area contributed by atoms with E-state index in [4.69, 9.17) is 27.9 Å². The normalized spacial score (nSPS) is 13.5. The highest BCUT2D eigenvalue weighted by Gasteiger charge is 2.29. The molecule has 2 aromatic rings. The number of hydrogen-bond acceptors (Lipinski definition) is 4. The van der Waals surface area contributed by atoms with Crippen molar-refractivity contribution in [1.82, 2.24) is 4.90 Å². The van der Waals surface area contributed by atoms with E-state index in [-0.39, 0.29) is 23.2 Å². The number of halogens is 2. The molecular weight excluding hydrogens is 353 g/mol. The molecule has 0 atom stereocenters. The van der Waals surface area contributed by atoms with E-state index in [0.29, 0.717) is 24.1 Å². The molecule has 7 heteroatoms. The lowest BCUT2D eigenvalue weighted by atomic mass is 9.98. The van der Waals surface area contributed by atoms with E-state index in [9.17, 15) is 15.0 Å². The van der Waals surface area contributed by atoms with E-state index < -0.39 is 17.6 Å². The van der Waals surface area contributed by atoms with Crippen LogP contribution in [0.1, 0.15) is 16.7 Å². The fraction of sp³-hybridized carbons (Fsp3) is 0.235. The van der Waals surface area contributed by atoms with E-state index in [1.165, 1.54) is 4.90 Å². The van der Waals surface area contributed by atoms with Crippen molar-refractivity contribution in [3.63, 3.8) is 0 Å². The molecule has 126 valence electrons. The molecule has 24 heavy (non-hydrogen) atoms. The van der Waals surface area contributed by atoms with Crippen LogP contribution in [0.4, 0.5) is 4.79 Å². The van der Waals surface area contributed by atoms with Crippen LogP contribution in [0.15, 0.2) is 30.3 Å². The number of phenols is 2. The molecule has 5 nitrogen and oxygen atoms in total. The monoisotopic (exact) mass is 367 g/mol. The van der Waals surface area contributed by atoms with Crippen molar-refractivity contribution in [2.24, 2.45) is 0 Å². The summed E-state index contributed by atoms with van der Waals surface area (Å²) in [6, 6.07) is 9.38. The standard InChI is InChI=1S/C17H15Cl2NO4/c18-13-11-6-7-20(8-12(11)14(19)16(22)15(13)21)17(23)24-9-10-4-2-1-3-5-10/h1-5,21-22H,6-9H2. The van der Waals surface area contributed by atoms with Gasteiger partial charge in [-0.2, -0.15) is 0 Å². The Hall–Kier alpha value is -2.11. The van der Waals surface area contributed by atoms with Gasteiger partial charge in [-0.25, -0.2) is 4.79 Å². The minimum absolute atomic E-state index is 0.00691. The molecule has 0 aromatic heterocycles. The molecule has 0 aliphatic carbocycles. The Balaban J connectivity index is 1.74. The summed E-state index contributed by atoms with van der Waals surface area (Å²) >= 11 is 12.1. The van der Waals surface area contributed by atoms with Crippen molar-refractivity contribution < 1.29 is 19.7 Å². The molecule has 0 radical (unpaired) electrons. The maximum absolute atomic E-state index is 12.2. The summed E-state index contributed by atoms with van der Waals surface area (Å²) in [7, 11) is 0. The van der Waals surface area contributed by atoms with Crippen LogP contribution in [0, 0.1) is 0 Å². The molecule has 1 aliphatic heterocycles. The van der Waals surface area contributed by atoms with E-state index in [1.807, 2.05) is 30.3 Å². The summed E-state index contributed by atoms with van der Waals surface area (Å²) in [5, 5.41) is 19.7. The fourth-order valence-corrected chi connectivity index (χ4v) is 3.23. The van der Waals surface area contributed by atoms with Crippen LogP contribution < -0.4 is 0 Å². The van der Waals surface area contributed by atoms with Crippen molar-refractivity contribution in [2.75, 3.05) is 6.54 Å². The molecule has 1 heterocycles. The third-order valence-electron chi connectivity index (χ3n) is 3.98. The van der Waals surface area contributed by atoms with Gasteiger partial charge < -0.3 is 19.8 Å². The minimum Gasteiger partial charge on any atom is -0.503 e. The van der Waals surface area contributed by atoms with Crippen LogP contribution in [-0.2, 0) is 24.3 Å². The number of phenolic OH excluding ortho intramolecular Hbond substituents is 2. The van der Waals surface area contributed by atoms with E-state index >= 15 is 0 Å². The largest absolute Gasteiger partial charge is 0.503 e. The van der Waals surface area contributed by atoms with Crippen molar-refractivity contribution >= 4 is 29.3 Å². The summed E-state index contributed by atoms with van der Waals surface area (Å²) in [6.07, 6.45) is -0.0495. The zero-order valence-electron chi connectivity index (χ0n) is 12.6. The average molecular weight is 368 g/mol. The number of rotatable bonds is 2. The number of ether oxygens (including phenoxy) is 1. The number of hydrogen-bond donors (Lipinski definition) is 2. The number of amides is 1. The smallest absolute Gasteiger partial charge is 0.410 e. The molecule has 2 aromatic carbocycles. The van der Waals surface area contributed by atoms with Crippen LogP contribution in [0.5, 0.6) is 11.5 Å². The summed E-state index contributed by atoms with van der Waals surface area (Å²) < 4.78 is 5.31. The molecule has 3 rings (SSSR count). The Morgan fingerprint density at radius 3 is 2.38 bits per heavy atom. The fourth-order valence-electron chi connectivity index (χ4n) is 2.67. The highest BCUT2D eigenvalue weighted by atomic mass is 35.5. The number of nitrogens with zero attached hydrogens (tertiary/aromatic N) is 1. The van der Waals surface area contributed by atoms with Crippen molar-refractivity contribution in [3.8, 4) is 11.5 Å². The number of fused-ring (bicyclic) bond motifs is 1. The second-order valence-corrected chi connectivity index (χ2v) is 6.25. The molecule has 0 saturated heterocycles. The average Bonchev–Trinajstić information content (AvgIpc) is 2.63. The van der Waals surface area contributed by atoms with Crippen molar-refractivity contribution in [2.45, 2.75) is 19.6 Å². The number of carbonyl (C=O) groups is 1.